The van der Waals surface area contributed by atoms with E-state index in [0.29, 0.717) is 11.6 Å². The van der Waals surface area contributed by atoms with Crippen molar-refractivity contribution in [1.29, 1.82) is 0 Å². The van der Waals surface area contributed by atoms with Crippen LogP contribution in [-0.4, -0.2) is 27.4 Å². The van der Waals surface area contributed by atoms with Crippen molar-refractivity contribution in [1.82, 2.24) is 20.1 Å². The predicted octanol–water partition coefficient (Wildman–Crippen LogP) is 5.20. The van der Waals surface area contributed by atoms with Crippen LogP contribution in [0, 0.1) is 0 Å². The van der Waals surface area contributed by atoms with Gasteiger partial charge in [-0.05, 0) is 43.3 Å². The fourth-order valence-corrected chi connectivity index (χ4v) is 4.89. The summed E-state index contributed by atoms with van der Waals surface area (Å²) in [7, 11) is 0. The fourth-order valence-electron chi connectivity index (χ4n) is 3.74. The van der Waals surface area contributed by atoms with Gasteiger partial charge in [-0.1, -0.05) is 6.58 Å². The van der Waals surface area contributed by atoms with Crippen LogP contribution < -0.4 is 10.6 Å². The summed E-state index contributed by atoms with van der Waals surface area (Å²) in [5, 5.41) is 13.0. The molecule has 0 amide bonds. The van der Waals surface area contributed by atoms with Gasteiger partial charge in [-0.15, -0.1) is 11.3 Å². The number of nitrogens with zero attached hydrogens (tertiary/aromatic N) is 3. The minimum Gasteiger partial charge on any atom is -0.382 e. The van der Waals surface area contributed by atoms with E-state index in [4.69, 9.17) is 0 Å². The van der Waals surface area contributed by atoms with E-state index in [9.17, 15) is 13.2 Å². The van der Waals surface area contributed by atoms with Crippen molar-refractivity contribution in [2.24, 2.45) is 0 Å². The Kier molecular flexibility index (Phi) is 4.33. The van der Waals surface area contributed by atoms with Gasteiger partial charge < -0.3 is 10.6 Å². The lowest BCUT2D eigenvalue weighted by Gasteiger charge is -2.11. The van der Waals surface area contributed by atoms with Gasteiger partial charge in [0.1, 0.15) is 0 Å². The van der Waals surface area contributed by atoms with Crippen LogP contribution in [0.3, 0.4) is 0 Å². The zero-order valence-electron chi connectivity index (χ0n) is 16.0. The SMILES string of the molecule is C=Cc1cc(C(F)(F)F)n(-c2ccc3c(ccc4sc5c(c43)NC[C@@H](C)NC5)n2)n1. The third-order valence-corrected chi connectivity index (χ3v) is 6.38. The molecule has 1 aromatic carbocycles. The zero-order valence-corrected chi connectivity index (χ0v) is 16.9. The minimum absolute atomic E-state index is 0.117. The average molecular weight is 429 g/mol. The van der Waals surface area contributed by atoms with Crippen LogP contribution in [-0.2, 0) is 12.7 Å². The highest BCUT2D eigenvalue weighted by molar-refractivity contribution is 7.20. The number of hydrogen-bond donors (Lipinski definition) is 2. The molecule has 0 bridgehead atoms. The molecule has 4 aromatic rings. The highest BCUT2D eigenvalue weighted by atomic mass is 32.1. The van der Waals surface area contributed by atoms with Crippen molar-refractivity contribution < 1.29 is 13.2 Å². The van der Waals surface area contributed by atoms with Gasteiger partial charge in [0, 0.05) is 39.5 Å². The summed E-state index contributed by atoms with van der Waals surface area (Å²) in [6.45, 7) is 7.22. The number of fused-ring (bicyclic) bond motifs is 5. The Morgan fingerprint density at radius 2 is 2.10 bits per heavy atom. The van der Waals surface area contributed by atoms with Crippen LogP contribution >= 0.6 is 11.3 Å². The second kappa shape index (κ2) is 6.82. The third-order valence-electron chi connectivity index (χ3n) is 5.22. The smallest absolute Gasteiger partial charge is 0.382 e. The number of thiophene rings is 1. The van der Waals surface area contributed by atoms with Crippen molar-refractivity contribution in [3.05, 3.63) is 53.2 Å². The van der Waals surface area contributed by atoms with Crippen molar-refractivity contribution in [3.63, 3.8) is 0 Å². The highest BCUT2D eigenvalue weighted by Gasteiger charge is 2.36. The zero-order chi connectivity index (χ0) is 21.0. The van der Waals surface area contributed by atoms with Crippen LogP contribution in [0.5, 0.6) is 0 Å². The number of anilines is 1. The molecular weight excluding hydrogens is 411 g/mol. The highest BCUT2D eigenvalue weighted by Crippen LogP contribution is 2.41. The quantitative estimate of drug-likeness (QED) is 0.460. The molecule has 0 saturated heterocycles. The molecule has 1 aliphatic rings. The number of alkyl halides is 3. The molecule has 154 valence electrons. The molecule has 0 unspecified atom stereocenters. The lowest BCUT2D eigenvalue weighted by Crippen LogP contribution is -2.29. The maximum atomic E-state index is 13.5. The summed E-state index contributed by atoms with van der Waals surface area (Å²) in [4.78, 5) is 5.73. The molecule has 0 spiro atoms. The molecule has 9 heteroatoms. The van der Waals surface area contributed by atoms with Crippen molar-refractivity contribution >= 4 is 44.1 Å². The molecule has 2 N–H and O–H groups in total. The van der Waals surface area contributed by atoms with Crippen LogP contribution in [0.2, 0.25) is 0 Å². The first-order chi connectivity index (χ1) is 14.3. The number of pyridine rings is 1. The number of hydrogen-bond acceptors (Lipinski definition) is 5. The van der Waals surface area contributed by atoms with Gasteiger partial charge in [0.25, 0.3) is 0 Å². The Balaban J connectivity index is 1.69. The minimum atomic E-state index is -4.55. The maximum absolute atomic E-state index is 13.5. The third kappa shape index (κ3) is 3.05. The monoisotopic (exact) mass is 429 g/mol. The van der Waals surface area contributed by atoms with E-state index < -0.39 is 11.9 Å². The van der Waals surface area contributed by atoms with Crippen molar-refractivity contribution in [3.8, 4) is 5.82 Å². The first-order valence-corrected chi connectivity index (χ1v) is 10.3. The van der Waals surface area contributed by atoms with E-state index in [1.54, 1.807) is 17.4 Å². The summed E-state index contributed by atoms with van der Waals surface area (Å²) in [6, 6.07) is 8.54. The summed E-state index contributed by atoms with van der Waals surface area (Å²) >= 11 is 1.71. The lowest BCUT2D eigenvalue weighted by atomic mass is 10.1. The molecule has 30 heavy (non-hydrogen) atoms. The van der Waals surface area contributed by atoms with E-state index in [2.05, 4.69) is 34.2 Å². The topological polar surface area (TPSA) is 54.8 Å². The molecule has 5 nitrogen and oxygen atoms in total. The van der Waals surface area contributed by atoms with Crippen molar-refractivity contribution in [2.45, 2.75) is 25.7 Å². The number of aromatic nitrogens is 3. The Hall–Kier alpha value is -2.91. The first kappa shape index (κ1) is 19.1. The second-order valence-electron chi connectivity index (χ2n) is 7.31. The van der Waals surface area contributed by atoms with E-state index in [0.717, 1.165) is 45.0 Å². The second-order valence-corrected chi connectivity index (χ2v) is 8.44. The number of benzene rings is 1. The van der Waals surface area contributed by atoms with Gasteiger partial charge in [0.2, 0.25) is 0 Å². The first-order valence-electron chi connectivity index (χ1n) is 9.47. The Morgan fingerprint density at radius 1 is 1.27 bits per heavy atom. The molecule has 0 aliphatic carbocycles. The predicted molar refractivity (Wildman–Crippen MR) is 114 cm³/mol. The molecule has 0 fully saturated rings. The Morgan fingerprint density at radius 3 is 2.87 bits per heavy atom. The van der Waals surface area contributed by atoms with E-state index >= 15 is 0 Å². The van der Waals surface area contributed by atoms with Gasteiger partial charge in [-0.2, -0.15) is 18.3 Å². The number of rotatable bonds is 2. The molecular formula is C21H18F3N5S. The Labute approximate surface area is 174 Å². The summed E-state index contributed by atoms with van der Waals surface area (Å²) in [5.74, 6) is 0.117. The Bertz CT molecular complexity index is 1290. The molecule has 1 atom stereocenters. The van der Waals surface area contributed by atoms with Crippen molar-refractivity contribution in [2.75, 3.05) is 11.9 Å². The molecule has 1 aliphatic heterocycles. The summed E-state index contributed by atoms with van der Waals surface area (Å²) < 4.78 is 42.4. The molecule has 0 radical (unpaired) electrons. The molecule has 4 heterocycles. The van der Waals surface area contributed by atoms with Gasteiger partial charge in [0.05, 0.1) is 16.9 Å². The molecule has 3 aromatic heterocycles. The maximum Gasteiger partial charge on any atom is 0.433 e. The van der Waals surface area contributed by atoms with Gasteiger partial charge in [-0.3, -0.25) is 0 Å². The van der Waals surface area contributed by atoms with Crippen LogP contribution in [0.4, 0.5) is 18.9 Å². The molecule has 5 rings (SSSR count). The van der Waals surface area contributed by atoms with E-state index in [1.165, 1.54) is 11.0 Å². The molecule has 0 saturated carbocycles. The number of nitrogens with one attached hydrogen (secondary N) is 2. The summed E-state index contributed by atoms with van der Waals surface area (Å²) in [5.41, 5.74) is 0.970. The fraction of sp³-hybridized carbons (Fsp3) is 0.238. The van der Waals surface area contributed by atoms with Crippen LogP contribution in [0.1, 0.15) is 23.2 Å². The normalized spacial score (nSPS) is 17.0. The lowest BCUT2D eigenvalue weighted by molar-refractivity contribution is -0.142. The summed E-state index contributed by atoms with van der Waals surface area (Å²) in [6.07, 6.45) is -3.26. The van der Waals surface area contributed by atoms with E-state index in [1.807, 2.05) is 18.2 Å². The van der Waals surface area contributed by atoms with Gasteiger partial charge in [0.15, 0.2) is 11.5 Å². The largest absolute Gasteiger partial charge is 0.433 e. The van der Waals surface area contributed by atoms with Gasteiger partial charge in [-0.25, -0.2) is 9.67 Å². The van der Waals surface area contributed by atoms with Gasteiger partial charge >= 0.3 is 6.18 Å². The average Bonchev–Trinajstić information content (AvgIpc) is 3.27. The van der Waals surface area contributed by atoms with Crippen LogP contribution in [0.15, 0.2) is 36.9 Å². The standard InChI is InChI=1S/C21H18F3N5S/c1-3-12-8-17(21(22,23)24)29(28-12)18-7-4-13-14(27-18)5-6-15-19(13)20-16(30-15)10-25-11(2)9-26-20/h3-8,11,25-26H,1,9-10H2,2H3/t11-/m1/s1. The van der Waals surface area contributed by atoms with E-state index in [-0.39, 0.29) is 11.5 Å². The van der Waals surface area contributed by atoms with Crippen LogP contribution in [0.25, 0.3) is 32.9 Å². The number of halogens is 3.